The van der Waals surface area contributed by atoms with Crippen molar-refractivity contribution >= 4 is 17.5 Å². The van der Waals surface area contributed by atoms with Gasteiger partial charge in [-0.1, -0.05) is 24.3 Å². The fraction of sp³-hybridized carbons (Fsp3) is 0.429. The van der Waals surface area contributed by atoms with Gasteiger partial charge in [-0.2, -0.15) is 8.78 Å². The molecule has 0 spiro atoms. The highest BCUT2D eigenvalue weighted by Crippen LogP contribution is 2.53. The number of rotatable bonds is 9. The third-order valence-electron chi connectivity index (χ3n) is 9.94. The zero-order chi connectivity index (χ0) is 31.1. The number of carbonyl (C=O) groups is 2. The summed E-state index contributed by atoms with van der Waals surface area (Å²) in [5, 5.41) is 13.6. The Balaban J connectivity index is 1.20. The lowest BCUT2D eigenvalue weighted by Crippen LogP contribution is -2.59. The Morgan fingerprint density at radius 2 is 1.57 bits per heavy atom. The van der Waals surface area contributed by atoms with Gasteiger partial charge in [0.05, 0.1) is 5.60 Å². The van der Waals surface area contributed by atoms with Gasteiger partial charge in [-0.25, -0.2) is 4.39 Å². The van der Waals surface area contributed by atoms with Gasteiger partial charge in [-0.3, -0.25) is 9.59 Å². The van der Waals surface area contributed by atoms with E-state index in [1.807, 2.05) is 29.2 Å². The fourth-order valence-electron chi connectivity index (χ4n) is 7.31. The standard InChI is InChI=1S/C35H37F3N2O4/c1-33(43)20-26(21-33)31(42)40(28-4-2-3-25(19-28)23-7-11-29(12-8-23)44-32(37)38)22-34-13-16-35(17-14-34,18-15-34)39-30(41)24-5-9-27(36)10-6-24/h2-12,19,26,32,43H,13-18,20-22H2,1H3,(H,39,41). The fourth-order valence-corrected chi connectivity index (χ4v) is 7.31. The van der Waals surface area contributed by atoms with Crippen LogP contribution >= 0.6 is 0 Å². The van der Waals surface area contributed by atoms with Gasteiger partial charge in [0.2, 0.25) is 5.91 Å². The summed E-state index contributed by atoms with van der Waals surface area (Å²) in [6.45, 7) is -0.604. The van der Waals surface area contributed by atoms with Crippen molar-refractivity contribution in [1.82, 2.24) is 5.32 Å². The van der Waals surface area contributed by atoms with Crippen molar-refractivity contribution in [2.24, 2.45) is 11.3 Å². The lowest BCUT2D eigenvalue weighted by atomic mass is 9.57. The molecule has 0 atom stereocenters. The minimum atomic E-state index is -2.90. The summed E-state index contributed by atoms with van der Waals surface area (Å²) in [6, 6.07) is 19.7. The molecule has 0 unspecified atom stereocenters. The van der Waals surface area contributed by atoms with Crippen molar-refractivity contribution in [2.45, 2.75) is 76.0 Å². The van der Waals surface area contributed by atoms with Crippen LogP contribution in [0, 0.1) is 17.2 Å². The molecule has 3 aromatic rings. The van der Waals surface area contributed by atoms with E-state index in [1.165, 1.54) is 36.4 Å². The summed E-state index contributed by atoms with van der Waals surface area (Å²) in [5.41, 5.74) is 1.59. The Morgan fingerprint density at radius 1 is 0.932 bits per heavy atom. The molecule has 6 nitrogen and oxygen atoms in total. The van der Waals surface area contributed by atoms with E-state index in [-0.39, 0.29) is 40.3 Å². The van der Waals surface area contributed by atoms with Gasteiger partial charge in [-0.15, -0.1) is 0 Å². The summed E-state index contributed by atoms with van der Waals surface area (Å²) in [7, 11) is 0. The molecule has 4 saturated carbocycles. The molecule has 4 fully saturated rings. The van der Waals surface area contributed by atoms with E-state index in [0.29, 0.717) is 24.9 Å². The molecule has 232 valence electrons. The molecule has 44 heavy (non-hydrogen) atoms. The second-order valence-corrected chi connectivity index (χ2v) is 13.2. The number of hydrogen-bond donors (Lipinski definition) is 2. The van der Waals surface area contributed by atoms with Crippen molar-refractivity contribution in [3.63, 3.8) is 0 Å². The molecule has 2 N–H and O–H groups in total. The number of amides is 2. The molecule has 0 aromatic heterocycles. The van der Waals surface area contributed by atoms with Crippen molar-refractivity contribution in [2.75, 3.05) is 11.4 Å². The largest absolute Gasteiger partial charge is 0.435 e. The number of alkyl halides is 2. The monoisotopic (exact) mass is 606 g/mol. The van der Waals surface area contributed by atoms with Crippen molar-refractivity contribution in [3.05, 3.63) is 84.2 Å². The average Bonchev–Trinajstić information content (AvgIpc) is 3.00. The normalized spacial score (nSPS) is 27.5. The summed E-state index contributed by atoms with van der Waals surface area (Å²) in [4.78, 5) is 28.8. The third kappa shape index (κ3) is 6.34. The average molecular weight is 607 g/mol. The Bertz CT molecular complexity index is 1490. The van der Waals surface area contributed by atoms with Crippen molar-refractivity contribution in [1.29, 1.82) is 0 Å². The van der Waals surface area contributed by atoms with Gasteiger partial charge in [0.15, 0.2) is 0 Å². The van der Waals surface area contributed by atoms with E-state index in [2.05, 4.69) is 10.1 Å². The summed E-state index contributed by atoms with van der Waals surface area (Å²) < 4.78 is 43.1. The second-order valence-electron chi connectivity index (χ2n) is 13.2. The molecule has 0 saturated heterocycles. The SMILES string of the molecule is CC1(O)CC(C(=O)N(CC23CCC(NC(=O)c4ccc(F)cc4)(CC2)CC3)c2cccc(-c3ccc(OC(F)F)cc3)c2)C1. The van der Waals surface area contributed by atoms with E-state index >= 15 is 0 Å². The summed E-state index contributed by atoms with van der Waals surface area (Å²) in [6.07, 6.45) is 5.79. The van der Waals surface area contributed by atoms with Gasteiger partial charge in [0.25, 0.3) is 5.91 Å². The Morgan fingerprint density at radius 3 is 2.16 bits per heavy atom. The molecular formula is C35H37F3N2O4. The van der Waals surface area contributed by atoms with Crippen LogP contribution in [-0.2, 0) is 4.79 Å². The first-order valence-electron chi connectivity index (χ1n) is 15.2. The van der Waals surface area contributed by atoms with Crippen molar-refractivity contribution in [3.8, 4) is 16.9 Å². The highest BCUT2D eigenvalue weighted by molar-refractivity contribution is 5.97. The smallest absolute Gasteiger partial charge is 0.387 e. The first-order chi connectivity index (χ1) is 20.9. The van der Waals surface area contributed by atoms with Gasteiger partial charge in [-0.05, 0) is 123 Å². The molecule has 0 aliphatic heterocycles. The van der Waals surface area contributed by atoms with E-state index in [4.69, 9.17) is 0 Å². The van der Waals surface area contributed by atoms with Crippen LogP contribution in [0.2, 0.25) is 0 Å². The van der Waals surface area contributed by atoms with E-state index in [1.54, 1.807) is 19.1 Å². The summed E-state index contributed by atoms with van der Waals surface area (Å²) >= 11 is 0. The van der Waals surface area contributed by atoms with Crippen LogP contribution in [0.1, 0.15) is 68.6 Å². The highest BCUT2D eigenvalue weighted by Gasteiger charge is 2.51. The lowest BCUT2D eigenvalue weighted by Gasteiger charge is -2.55. The third-order valence-corrected chi connectivity index (χ3v) is 9.94. The molecule has 4 aliphatic carbocycles. The molecule has 7 rings (SSSR count). The topological polar surface area (TPSA) is 78.9 Å². The van der Waals surface area contributed by atoms with Gasteiger partial charge in [0, 0.05) is 29.3 Å². The van der Waals surface area contributed by atoms with Gasteiger partial charge >= 0.3 is 6.61 Å². The molecule has 9 heteroatoms. The maximum Gasteiger partial charge on any atom is 0.387 e. The molecule has 0 radical (unpaired) electrons. The molecular weight excluding hydrogens is 569 g/mol. The Hall–Kier alpha value is -3.85. The number of benzene rings is 3. The number of hydrogen-bond acceptors (Lipinski definition) is 4. The number of ether oxygens (including phenoxy) is 1. The van der Waals surface area contributed by atoms with Crippen molar-refractivity contribution < 1.29 is 32.6 Å². The molecule has 0 heterocycles. The van der Waals surface area contributed by atoms with Crippen LogP contribution in [-0.4, -0.2) is 41.2 Å². The van der Waals surface area contributed by atoms with Gasteiger partial charge < -0.3 is 20.1 Å². The van der Waals surface area contributed by atoms with Crippen LogP contribution in [0.15, 0.2) is 72.8 Å². The van der Waals surface area contributed by atoms with E-state index in [9.17, 15) is 27.9 Å². The maximum absolute atomic E-state index is 14.0. The molecule has 3 aromatic carbocycles. The van der Waals surface area contributed by atoms with Crippen LogP contribution in [0.3, 0.4) is 0 Å². The quantitative estimate of drug-likeness (QED) is 0.272. The number of aliphatic hydroxyl groups is 1. The number of halogens is 3. The van der Waals surface area contributed by atoms with Crippen LogP contribution in [0.25, 0.3) is 11.1 Å². The maximum atomic E-state index is 14.0. The molecule has 4 aliphatic rings. The van der Waals surface area contributed by atoms with Crippen LogP contribution in [0.5, 0.6) is 5.75 Å². The number of nitrogens with one attached hydrogen (secondary N) is 1. The van der Waals surface area contributed by atoms with Crippen LogP contribution in [0.4, 0.5) is 18.9 Å². The number of fused-ring (bicyclic) bond motifs is 3. The predicted molar refractivity (Wildman–Crippen MR) is 161 cm³/mol. The van der Waals surface area contributed by atoms with E-state index in [0.717, 1.165) is 55.3 Å². The Kier molecular flexibility index (Phi) is 7.94. The highest BCUT2D eigenvalue weighted by atomic mass is 19.3. The summed E-state index contributed by atoms with van der Waals surface area (Å²) in [5.74, 6) is -0.772. The first-order valence-corrected chi connectivity index (χ1v) is 15.2. The zero-order valence-corrected chi connectivity index (χ0v) is 24.7. The number of carbonyl (C=O) groups excluding carboxylic acids is 2. The number of anilines is 1. The zero-order valence-electron chi connectivity index (χ0n) is 24.7. The number of nitrogens with zero attached hydrogens (tertiary/aromatic N) is 1. The minimum absolute atomic E-state index is 0.00393. The minimum Gasteiger partial charge on any atom is -0.435 e. The predicted octanol–water partition coefficient (Wildman–Crippen LogP) is 7.11. The molecule has 2 bridgehead atoms. The Labute approximate surface area is 255 Å². The molecule has 2 amide bonds. The van der Waals surface area contributed by atoms with Gasteiger partial charge in [0.1, 0.15) is 11.6 Å². The lowest BCUT2D eigenvalue weighted by molar-refractivity contribution is -0.137. The first kappa shape index (κ1) is 30.2. The van der Waals surface area contributed by atoms with Crippen LogP contribution < -0.4 is 15.0 Å². The van der Waals surface area contributed by atoms with E-state index < -0.39 is 12.2 Å². The second kappa shape index (κ2) is 11.6.